The van der Waals surface area contributed by atoms with Gasteiger partial charge in [0.25, 0.3) is 0 Å². The van der Waals surface area contributed by atoms with E-state index < -0.39 is 5.78 Å². The SMILES string of the molecule is Cc1[nH]c2ccc(Br)cc2c1C=C1Oc2cc(O)cc(O)c2C1=O. The van der Waals surface area contributed by atoms with E-state index in [-0.39, 0.29) is 28.6 Å². The van der Waals surface area contributed by atoms with Crippen molar-refractivity contribution in [1.82, 2.24) is 4.98 Å². The fraction of sp³-hybridized carbons (Fsp3) is 0.0556. The van der Waals surface area contributed by atoms with E-state index in [1.165, 1.54) is 6.07 Å². The van der Waals surface area contributed by atoms with Crippen molar-refractivity contribution in [1.29, 1.82) is 0 Å². The average Bonchev–Trinajstić information content (AvgIpc) is 2.98. The molecule has 3 N–H and O–H groups in total. The topological polar surface area (TPSA) is 82.6 Å². The molecule has 2 heterocycles. The van der Waals surface area contributed by atoms with Gasteiger partial charge in [0.05, 0.1) is 0 Å². The van der Waals surface area contributed by atoms with Crippen LogP contribution < -0.4 is 4.74 Å². The van der Waals surface area contributed by atoms with E-state index in [9.17, 15) is 15.0 Å². The molecule has 0 radical (unpaired) electrons. The lowest BCUT2D eigenvalue weighted by atomic mass is 10.1. The summed E-state index contributed by atoms with van der Waals surface area (Å²) >= 11 is 3.45. The smallest absolute Gasteiger partial charge is 0.235 e. The summed E-state index contributed by atoms with van der Waals surface area (Å²) in [6.07, 6.45) is 1.65. The second kappa shape index (κ2) is 5.14. The second-order valence-corrected chi connectivity index (χ2v) is 6.55. The van der Waals surface area contributed by atoms with Gasteiger partial charge in [-0.2, -0.15) is 0 Å². The van der Waals surface area contributed by atoms with Crippen LogP contribution in [0.25, 0.3) is 17.0 Å². The number of halogens is 1. The Hall–Kier alpha value is -2.73. The number of phenolic OH excluding ortho intramolecular Hbond substituents is 2. The van der Waals surface area contributed by atoms with Crippen molar-refractivity contribution in [2.45, 2.75) is 6.92 Å². The molecule has 0 fully saturated rings. The minimum Gasteiger partial charge on any atom is -0.508 e. The summed E-state index contributed by atoms with van der Waals surface area (Å²) in [5.41, 5.74) is 2.75. The number of fused-ring (bicyclic) bond motifs is 2. The summed E-state index contributed by atoms with van der Waals surface area (Å²) in [7, 11) is 0. The molecule has 0 spiro atoms. The number of aryl methyl sites for hydroxylation is 1. The highest BCUT2D eigenvalue weighted by Gasteiger charge is 2.31. The van der Waals surface area contributed by atoms with Crippen molar-refractivity contribution in [3.05, 3.63) is 57.4 Å². The molecule has 0 aliphatic carbocycles. The number of benzene rings is 2. The van der Waals surface area contributed by atoms with E-state index in [1.807, 2.05) is 25.1 Å². The number of H-pyrrole nitrogens is 1. The minimum atomic E-state index is -0.411. The molecule has 6 heteroatoms. The molecule has 0 bridgehead atoms. The van der Waals surface area contributed by atoms with Crippen LogP contribution in [0.4, 0.5) is 0 Å². The molecule has 0 saturated carbocycles. The first kappa shape index (κ1) is 14.8. The van der Waals surface area contributed by atoms with Gasteiger partial charge < -0.3 is 19.9 Å². The first-order valence-electron chi connectivity index (χ1n) is 7.22. The molecule has 24 heavy (non-hydrogen) atoms. The number of allylic oxidation sites excluding steroid dienone is 1. The van der Waals surface area contributed by atoms with Gasteiger partial charge in [0, 0.05) is 38.8 Å². The van der Waals surface area contributed by atoms with Crippen LogP contribution in [0.5, 0.6) is 17.2 Å². The number of hydrogen-bond donors (Lipinski definition) is 3. The van der Waals surface area contributed by atoms with Crippen LogP contribution in [0, 0.1) is 6.92 Å². The fourth-order valence-corrected chi connectivity index (χ4v) is 3.28. The van der Waals surface area contributed by atoms with Crippen molar-refractivity contribution in [2.75, 3.05) is 0 Å². The van der Waals surface area contributed by atoms with E-state index >= 15 is 0 Å². The largest absolute Gasteiger partial charge is 0.508 e. The monoisotopic (exact) mass is 385 g/mol. The molecule has 0 saturated heterocycles. The third-order valence-electron chi connectivity index (χ3n) is 4.01. The lowest BCUT2D eigenvalue weighted by Gasteiger charge is -2.00. The highest BCUT2D eigenvalue weighted by molar-refractivity contribution is 9.10. The molecule has 1 aliphatic heterocycles. The number of aromatic amines is 1. The highest BCUT2D eigenvalue weighted by Crippen LogP contribution is 2.41. The number of rotatable bonds is 1. The summed E-state index contributed by atoms with van der Waals surface area (Å²) in [4.78, 5) is 15.8. The number of carbonyl (C=O) groups is 1. The summed E-state index contributed by atoms with van der Waals surface area (Å²) in [6, 6.07) is 8.28. The van der Waals surface area contributed by atoms with Crippen LogP contribution in [0.15, 0.2) is 40.6 Å². The average molecular weight is 386 g/mol. The normalized spacial score (nSPS) is 15.1. The highest BCUT2D eigenvalue weighted by atomic mass is 79.9. The van der Waals surface area contributed by atoms with Gasteiger partial charge >= 0.3 is 0 Å². The van der Waals surface area contributed by atoms with Gasteiger partial charge in [-0.3, -0.25) is 4.79 Å². The molecule has 0 amide bonds. The van der Waals surface area contributed by atoms with E-state index in [0.29, 0.717) is 0 Å². The molecule has 0 atom stereocenters. The summed E-state index contributed by atoms with van der Waals surface area (Å²) in [5.74, 6) is -0.604. The quantitative estimate of drug-likeness (QED) is 0.546. The Kier molecular flexibility index (Phi) is 3.18. The number of nitrogens with one attached hydrogen (secondary N) is 1. The molecule has 1 aliphatic rings. The van der Waals surface area contributed by atoms with Gasteiger partial charge in [-0.15, -0.1) is 0 Å². The molecule has 0 unspecified atom stereocenters. The van der Waals surface area contributed by atoms with Crippen LogP contribution in [0.1, 0.15) is 21.6 Å². The maximum atomic E-state index is 12.5. The van der Waals surface area contributed by atoms with Crippen molar-refractivity contribution < 1.29 is 19.7 Å². The van der Waals surface area contributed by atoms with Crippen LogP contribution in [0.3, 0.4) is 0 Å². The van der Waals surface area contributed by atoms with Gasteiger partial charge in [0.2, 0.25) is 5.78 Å². The van der Waals surface area contributed by atoms with Crippen LogP contribution in [-0.4, -0.2) is 21.0 Å². The number of phenols is 2. The predicted octanol–water partition coefficient (Wildman–Crippen LogP) is 4.27. The Labute approximate surface area is 145 Å². The van der Waals surface area contributed by atoms with Crippen LogP contribution in [0.2, 0.25) is 0 Å². The van der Waals surface area contributed by atoms with Crippen LogP contribution in [-0.2, 0) is 0 Å². The molecule has 5 nitrogen and oxygen atoms in total. The van der Waals surface area contributed by atoms with E-state index in [0.717, 1.165) is 32.7 Å². The molecular formula is C18H12BrNO4. The zero-order valence-corrected chi connectivity index (χ0v) is 14.1. The Balaban J connectivity index is 1.86. The molecule has 2 aromatic carbocycles. The second-order valence-electron chi connectivity index (χ2n) is 5.63. The van der Waals surface area contributed by atoms with Crippen molar-refractivity contribution in [2.24, 2.45) is 0 Å². The number of Topliss-reactive ketones (excluding diaryl/α,β-unsaturated/α-hetero) is 1. The van der Waals surface area contributed by atoms with Crippen molar-refractivity contribution in [3.63, 3.8) is 0 Å². The molecule has 120 valence electrons. The van der Waals surface area contributed by atoms with Crippen molar-refractivity contribution in [3.8, 4) is 17.2 Å². The number of ketones is 1. The third kappa shape index (κ3) is 2.18. The van der Waals surface area contributed by atoms with Crippen molar-refractivity contribution >= 4 is 38.7 Å². The number of aromatic nitrogens is 1. The van der Waals surface area contributed by atoms with Gasteiger partial charge in [0.1, 0.15) is 22.8 Å². The summed E-state index contributed by atoms with van der Waals surface area (Å²) in [6.45, 7) is 1.91. The molecule has 1 aromatic heterocycles. The van der Waals surface area contributed by atoms with E-state index in [2.05, 4.69) is 20.9 Å². The van der Waals surface area contributed by atoms with Gasteiger partial charge in [-0.05, 0) is 31.2 Å². The number of aromatic hydroxyl groups is 2. The third-order valence-corrected chi connectivity index (χ3v) is 4.50. The standard InChI is InChI=1S/C18H12BrNO4/c1-8-11(12-4-9(19)2-3-13(12)20-8)7-16-18(23)17-14(22)5-10(21)6-15(17)24-16/h2-7,20-22H,1H3. The predicted molar refractivity (Wildman–Crippen MR) is 93.4 cm³/mol. The maximum absolute atomic E-state index is 12.5. The van der Waals surface area contributed by atoms with E-state index in [1.54, 1.807) is 6.08 Å². The first-order chi connectivity index (χ1) is 11.4. The lowest BCUT2D eigenvalue weighted by Crippen LogP contribution is -1.98. The number of carbonyl (C=O) groups excluding carboxylic acids is 1. The van der Waals surface area contributed by atoms with Gasteiger partial charge in [-0.25, -0.2) is 0 Å². The zero-order chi connectivity index (χ0) is 17.0. The van der Waals surface area contributed by atoms with Crippen LogP contribution >= 0.6 is 15.9 Å². The van der Waals surface area contributed by atoms with Gasteiger partial charge in [0.15, 0.2) is 5.76 Å². The zero-order valence-electron chi connectivity index (χ0n) is 12.6. The maximum Gasteiger partial charge on any atom is 0.235 e. The van der Waals surface area contributed by atoms with E-state index in [4.69, 9.17) is 4.74 Å². The minimum absolute atomic E-state index is 0.0673. The summed E-state index contributed by atoms with van der Waals surface area (Å²) < 4.78 is 6.48. The first-order valence-corrected chi connectivity index (χ1v) is 8.01. The summed E-state index contributed by atoms with van der Waals surface area (Å²) in [5, 5.41) is 20.4. The Morgan fingerprint density at radius 3 is 2.79 bits per heavy atom. The number of hydrogen-bond acceptors (Lipinski definition) is 4. The molecular weight excluding hydrogens is 374 g/mol. The Bertz CT molecular complexity index is 1050. The fourth-order valence-electron chi connectivity index (χ4n) is 2.92. The van der Waals surface area contributed by atoms with Gasteiger partial charge in [-0.1, -0.05) is 15.9 Å². The molecule has 3 aromatic rings. The number of ether oxygens (including phenoxy) is 1. The lowest BCUT2D eigenvalue weighted by molar-refractivity contribution is 0.101. The molecule has 4 rings (SSSR count). The Morgan fingerprint density at radius 1 is 1.21 bits per heavy atom. The Morgan fingerprint density at radius 2 is 2.00 bits per heavy atom.